The standard InChI is InChI=1S/C27H30N4OS/c1-5-31(33-6-2)25-15-12-21(13-16-25)27(32)30-24-14-11-20(3)23(17-24)19-29-18-22-9-7-8-10-26(22)28-4/h7-18H,4-6,19H2,1-3H3,(H,30,32). The van der Waals surface area contributed by atoms with E-state index in [0.717, 1.165) is 46.1 Å². The third kappa shape index (κ3) is 6.56. The molecule has 0 radical (unpaired) electrons. The van der Waals surface area contributed by atoms with Gasteiger partial charge in [0.05, 0.1) is 12.2 Å². The van der Waals surface area contributed by atoms with Crippen molar-refractivity contribution in [3.63, 3.8) is 0 Å². The molecule has 0 spiro atoms. The van der Waals surface area contributed by atoms with Crippen LogP contribution in [0.1, 0.15) is 40.9 Å². The number of anilines is 2. The lowest BCUT2D eigenvalue weighted by Gasteiger charge is -2.20. The second-order valence-electron chi connectivity index (χ2n) is 7.44. The maximum absolute atomic E-state index is 12.8. The van der Waals surface area contributed by atoms with Gasteiger partial charge in [0.2, 0.25) is 0 Å². The summed E-state index contributed by atoms with van der Waals surface area (Å²) in [6.07, 6.45) is 1.81. The SMILES string of the molecule is C=Nc1ccccc1C=NCc1cc(NC(=O)c2ccc(N(CC)SCC)cc2)ccc1C. The lowest BCUT2D eigenvalue weighted by molar-refractivity contribution is 0.102. The quantitative estimate of drug-likeness (QED) is 0.272. The monoisotopic (exact) mass is 458 g/mol. The van der Waals surface area contributed by atoms with Gasteiger partial charge in [-0.05, 0) is 74.2 Å². The molecule has 5 nitrogen and oxygen atoms in total. The van der Waals surface area contributed by atoms with Crippen LogP contribution in [0.3, 0.4) is 0 Å². The molecule has 0 heterocycles. The summed E-state index contributed by atoms with van der Waals surface area (Å²) < 4.78 is 2.22. The molecule has 0 aliphatic heterocycles. The molecule has 0 unspecified atom stereocenters. The molecule has 1 N–H and O–H groups in total. The number of para-hydroxylation sites is 1. The van der Waals surface area contributed by atoms with Crippen LogP contribution in [0.5, 0.6) is 0 Å². The fourth-order valence-corrected chi connectivity index (χ4v) is 4.15. The molecule has 3 aromatic rings. The summed E-state index contributed by atoms with van der Waals surface area (Å²) in [6.45, 7) is 11.3. The molecule has 33 heavy (non-hydrogen) atoms. The molecule has 0 aliphatic rings. The highest BCUT2D eigenvalue weighted by molar-refractivity contribution is 8.00. The van der Waals surface area contributed by atoms with E-state index in [1.807, 2.05) is 79.9 Å². The minimum atomic E-state index is -0.128. The topological polar surface area (TPSA) is 57.1 Å². The zero-order valence-electron chi connectivity index (χ0n) is 19.4. The van der Waals surface area contributed by atoms with Crippen LogP contribution in [0, 0.1) is 6.92 Å². The van der Waals surface area contributed by atoms with Crippen LogP contribution in [0.15, 0.2) is 76.7 Å². The zero-order chi connectivity index (χ0) is 23.6. The Balaban J connectivity index is 1.68. The van der Waals surface area contributed by atoms with Crippen LogP contribution in [0.25, 0.3) is 0 Å². The molecule has 3 aromatic carbocycles. The van der Waals surface area contributed by atoms with Crippen molar-refractivity contribution in [2.75, 3.05) is 21.9 Å². The van der Waals surface area contributed by atoms with Gasteiger partial charge in [0.15, 0.2) is 0 Å². The van der Waals surface area contributed by atoms with Gasteiger partial charge in [-0.2, -0.15) is 0 Å². The summed E-state index contributed by atoms with van der Waals surface area (Å²) in [6, 6.07) is 21.4. The highest BCUT2D eigenvalue weighted by Crippen LogP contribution is 2.23. The first-order valence-electron chi connectivity index (χ1n) is 11.0. The average Bonchev–Trinajstić information content (AvgIpc) is 2.84. The second-order valence-corrected chi connectivity index (χ2v) is 8.72. The number of aliphatic imine (C=N–C) groups is 2. The van der Waals surface area contributed by atoms with Crippen molar-refractivity contribution >= 4 is 47.8 Å². The van der Waals surface area contributed by atoms with Crippen LogP contribution < -0.4 is 9.62 Å². The van der Waals surface area contributed by atoms with Crippen LogP contribution in [-0.2, 0) is 6.54 Å². The second kappa shape index (κ2) is 12.0. The molecule has 0 aromatic heterocycles. The smallest absolute Gasteiger partial charge is 0.255 e. The minimum Gasteiger partial charge on any atom is -0.322 e. The summed E-state index contributed by atoms with van der Waals surface area (Å²) in [7, 11) is 0. The third-order valence-electron chi connectivity index (χ3n) is 5.20. The minimum absolute atomic E-state index is 0.128. The predicted octanol–water partition coefficient (Wildman–Crippen LogP) is 6.69. The molecular formula is C27H30N4OS. The van der Waals surface area contributed by atoms with Gasteiger partial charge in [0.25, 0.3) is 5.91 Å². The number of carbonyl (C=O) groups is 1. The predicted molar refractivity (Wildman–Crippen MR) is 144 cm³/mol. The normalized spacial score (nSPS) is 10.9. The lowest BCUT2D eigenvalue weighted by Crippen LogP contribution is -2.15. The molecule has 0 fully saturated rings. The lowest BCUT2D eigenvalue weighted by atomic mass is 10.1. The maximum Gasteiger partial charge on any atom is 0.255 e. The first-order chi connectivity index (χ1) is 16.0. The molecule has 0 atom stereocenters. The largest absolute Gasteiger partial charge is 0.322 e. The molecular weight excluding hydrogens is 428 g/mol. The number of nitrogens with zero attached hydrogens (tertiary/aromatic N) is 3. The van der Waals surface area contributed by atoms with E-state index < -0.39 is 0 Å². The number of nitrogens with one attached hydrogen (secondary N) is 1. The van der Waals surface area contributed by atoms with Gasteiger partial charge in [-0.25, -0.2) is 0 Å². The van der Waals surface area contributed by atoms with Crippen molar-refractivity contribution in [2.45, 2.75) is 27.3 Å². The molecule has 6 heteroatoms. The first kappa shape index (κ1) is 24.3. The van der Waals surface area contributed by atoms with E-state index in [9.17, 15) is 4.79 Å². The van der Waals surface area contributed by atoms with Crippen molar-refractivity contribution in [3.8, 4) is 0 Å². The van der Waals surface area contributed by atoms with Crippen molar-refractivity contribution in [1.29, 1.82) is 0 Å². The Morgan fingerprint density at radius 2 is 1.85 bits per heavy atom. The van der Waals surface area contributed by atoms with E-state index >= 15 is 0 Å². The van der Waals surface area contributed by atoms with Gasteiger partial charge < -0.3 is 9.62 Å². The Bertz CT molecular complexity index is 1130. The first-order valence-corrected chi connectivity index (χ1v) is 12.0. The van der Waals surface area contributed by atoms with Crippen molar-refractivity contribution in [1.82, 2.24) is 0 Å². The van der Waals surface area contributed by atoms with E-state index in [4.69, 9.17) is 0 Å². The van der Waals surface area contributed by atoms with Gasteiger partial charge in [0.1, 0.15) is 0 Å². The third-order valence-corrected chi connectivity index (χ3v) is 6.23. The van der Waals surface area contributed by atoms with E-state index in [1.165, 1.54) is 0 Å². The summed E-state index contributed by atoms with van der Waals surface area (Å²) >= 11 is 1.77. The Labute approximate surface area is 200 Å². The van der Waals surface area contributed by atoms with Crippen LogP contribution >= 0.6 is 11.9 Å². The molecule has 170 valence electrons. The molecule has 0 saturated carbocycles. The molecule has 0 aliphatic carbocycles. The Hall–Kier alpha value is -3.38. The van der Waals surface area contributed by atoms with Gasteiger partial charge in [-0.15, -0.1) is 0 Å². The number of hydrogen-bond acceptors (Lipinski definition) is 5. The van der Waals surface area contributed by atoms with Crippen LogP contribution in [0.2, 0.25) is 0 Å². The van der Waals surface area contributed by atoms with Crippen molar-refractivity contribution in [3.05, 3.63) is 89.0 Å². The number of benzene rings is 3. The zero-order valence-corrected chi connectivity index (χ0v) is 20.2. The van der Waals surface area contributed by atoms with E-state index in [1.54, 1.807) is 11.9 Å². The fourth-order valence-electron chi connectivity index (χ4n) is 3.39. The van der Waals surface area contributed by atoms with Gasteiger partial charge in [0, 0.05) is 41.0 Å². The molecule has 0 saturated heterocycles. The van der Waals surface area contributed by atoms with Crippen molar-refractivity contribution < 1.29 is 4.79 Å². The van der Waals surface area contributed by atoms with Gasteiger partial charge in [-0.1, -0.05) is 43.1 Å². The number of amides is 1. The highest BCUT2D eigenvalue weighted by atomic mass is 32.2. The summed E-state index contributed by atoms with van der Waals surface area (Å²) in [4.78, 5) is 21.4. The molecule has 0 bridgehead atoms. The fraction of sp³-hybridized carbons (Fsp3) is 0.222. The number of aryl methyl sites for hydroxylation is 1. The Morgan fingerprint density at radius 1 is 1.09 bits per heavy atom. The average molecular weight is 459 g/mol. The number of hydrogen-bond donors (Lipinski definition) is 1. The van der Waals surface area contributed by atoms with Gasteiger partial charge in [-0.3, -0.25) is 14.8 Å². The van der Waals surface area contributed by atoms with Crippen molar-refractivity contribution in [2.24, 2.45) is 9.98 Å². The van der Waals surface area contributed by atoms with Crippen LogP contribution in [0.4, 0.5) is 17.1 Å². The highest BCUT2D eigenvalue weighted by Gasteiger charge is 2.10. The molecule has 1 amide bonds. The van der Waals surface area contributed by atoms with E-state index in [2.05, 4.69) is 40.2 Å². The summed E-state index contributed by atoms with van der Waals surface area (Å²) in [5.41, 5.74) is 6.40. The number of carbonyl (C=O) groups excluding carboxylic acids is 1. The molecule has 3 rings (SSSR count). The number of rotatable bonds is 10. The van der Waals surface area contributed by atoms with Gasteiger partial charge >= 0.3 is 0 Å². The summed E-state index contributed by atoms with van der Waals surface area (Å²) in [5.74, 6) is 0.880. The Kier molecular flexibility index (Phi) is 8.84. The summed E-state index contributed by atoms with van der Waals surface area (Å²) in [5, 5.41) is 3.01. The Morgan fingerprint density at radius 3 is 2.55 bits per heavy atom. The maximum atomic E-state index is 12.8. The van der Waals surface area contributed by atoms with Crippen LogP contribution in [-0.4, -0.2) is 31.1 Å². The van der Waals surface area contributed by atoms with E-state index in [-0.39, 0.29) is 5.91 Å². The van der Waals surface area contributed by atoms with E-state index in [0.29, 0.717) is 12.1 Å².